The van der Waals surface area contributed by atoms with Gasteiger partial charge in [0.2, 0.25) is 0 Å². The highest BCUT2D eigenvalue weighted by molar-refractivity contribution is 6.06. The van der Waals surface area contributed by atoms with E-state index < -0.39 is 5.97 Å². The van der Waals surface area contributed by atoms with Crippen molar-refractivity contribution >= 4 is 22.6 Å². The Balaban J connectivity index is 1.97. The Labute approximate surface area is 140 Å². The zero-order chi connectivity index (χ0) is 17.3. The van der Waals surface area contributed by atoms with Crippen LogP contribution in [0.3, 0.4) is 0 Å². The van der Waals surface area contributed by atoms with Crippen LogP contribution in [0.4, 0.5) is 5.69 Å². The fourth-order valence-corrected chi connectivity index (χ4v) is 3.42. The fourth-order valence-electron chi connectivity index (χ4n) is 3.42. The summed E-state index contributed by atoms with van der Waals surface area (Å²) in [5.41, 5.74) is 7.40. The molecular formula is C18H22N2O4. The molecule has 1 aromatic carbocycles. The van der Waals surface area contributed by atoms with E-state index in [0.29, 0.717) is 28.3 Å². The topological polar surface area (TPSA) is 106 Å². The minimum absolute atomic E-state index is 0.0301. The van der Waals surface area contributed by atoms with E-state index >= 15 is 0 Å². The number of nitrogens with zero attached hydrogens (tertiary/aromatic N) is 1. The fraction of sp³-hybridized carbons (Fsp3) is 0.444. The number of aryl methyl sites for hydroxylation is 1. The van der Waals surface area contributed by atoms with Crippen LogP contribution in [0.2, 0.25) is 0 Å². The van der Waals surface area contributed by atoms with Crippen molar-refractivity contribution in [2.75, 3.05) is 12.3 Å². The number of aromatic carboxylic acids is 1. The van der Waals surface area contributed by atoms with Gasteiger partial charge in [0.25, 0.3) is 0 Å². The number of carbonyl (C=O) groups is 1. The number of rotatable bonds is 4. The first-order valence-corrected chi connectivity index (χ1v) is 8.20. The number of aromatic nitrogens is 1. The number of aliphatic hydroxyl groups is 1. The average molecular weight is 330 g/mol. The minimum atomic E-state index is -1.09. The van der Waals surface area contributed by atoms with Crippen molar-refractivity contribution in [1.29, 1.82) is 0 Å². The normalized spacial score (nSPS) is 20.9. The zero-order valence-corrected chi connectivity index (χ0v) is 13.7. The molecule has 0 bridgehead atoms. The average Bonchev–Trinajstić information content (AvgIpc) is 2.55. The molecule has 0 amide bonds. The van der Waals surface area contributed by atoms with Crippen LogP contribution in [-0.2, 0) is 0 Å². The van der Waals surface area contributed by atoms with Crippen LogP contribution < -0.4 is 10.5 Å². The van der Waals surface area contributed by atoms with Crippen molar-refractivity contribution in [2.45, 2.75) is 38.7 Å². The van der Waals surface area contributed by atoms with Crippen molar-refractivity contribution in [3.8, 4) is 5.75 Å². The quantitative estimate of drug-likeness (QED) is 0.796. The molecule has 2 aromatic rings. The summed E-state index contributed by atoms with van der Waals surface area (Å²) >= 11 is 0. The lowest BCUT2D eigenvalue weighted by Gasteiger charge is -2.28. The molecule has 0 unspecified atom stereocenters. The Bertz CT molecular complexity index is 767. The predicted molar refractivity (Wildman–Crippen MR) is 91.3 cm³/mol. The molecule has 1 saturated carbocycles. The Morgan fingerprint density at radius 3 is 2.67 bits per heavy atom. The largest absolute Gasteiger partial charge is 0.490 e. The van der Waals surface area contributed by atoms with E-state index in [9.17, 15) is 15.0 Å². The molecule has 1 fully saturated rings. The van der Waals surface area contributed by atoms with Gasteiger partial charge in [0.05, 0.1) is 28.4 Å². The van der Waals surface area contributed by atoms with Crippen molar-refractivity contribution in [3.05, 3.63) is 29.5 Å². The third kappa shape index (κ3) is 3.01. The predicted octanol–water partition coefficient (Wildman–Crippen LogP) is 2.75. The van der Waals surface area contributed by atoms with Crippen molar-refractivity contribution in [2.24, 2.45) is 5.92 Å². The standard InChI is InChI=1S/C18H22N2O4/c1-10-15(18(22)23)17(19)16-13(20-10)3-2-4-14(16)24-12-7-5-11(9-21)6-8-12/h2-4,11-12,21H,5-9H2,1H3,(H2,19,20)(H,22,23). The summed E-state index contributed by atoms with van der Waals surface area (Å²) in [7, 11) is 0. The highest BCUT2D eigenvalue weighted by atomic mass is 16.5. The van der Waals surface area contributed by atoms with Crippen molar-refractivity contribution < 1.29 is 19.7 Å². The summed E-state index contributed by atoms with van der Waals surface area (Å²) < 4.78 is 6.12. The molecule has 128 valence electrons. The van der Waals surface area contributed by atoms with E-state index in [1.54, 1.807) is 19.1 Å². The minimum Gasteiger partial charge on any atom is -0.490 e. The number of fused-ring (bicyclic) bond motifs is 1. The lowest BCUT2D eigenvalue weighted by Crippen LogP contribution is -2.25. The molecule has 0 aliphatic heterocycles. The van der Waals surface area contributed by atoms with Crippen molar-refractivity contribution in [1.82, 2.24) is 4.98 Å². The maximum atomic E-state index is 11.5. The molecule has 24 heavy (non-hydrogen) atoms. The van der Waals surface area contributed by atoms with Crippen LogP contribution in [0.25, 0.3) is 10.9 Å². The number of carboxylic acid groups (broad SMARTS) is 1. The number of nitrogens with two attached hydrogens (primary N) is 1. The van der Waals surface area contributed by atoms with Crippen LogP contribution in [0.5, 0.6) is 5.75 Å². The summed E-state index contributed by atoms with van der Waals surface area (Å²) in [6.45, 7) is 1.86. The van der Waals surface area contributed by atoms with E-state index in [2.05, 4.69) is 4.98 Å². The van der Waals surface area contributed by atoms with Gasteiger partial charge in [0.15, 0.2) is 0 Å². The number of ether oxygens (including phenoxy) is 1. The summed E-state index contributed by atoms with van der Waals surface area (Å²) in [5, 5.41) is 19.2. The number of hydrogen-bond acceptors (Lipinski definition) is 5. The molecule has 1 aromatic heterocycles. The smallest absolute Gasteiger partial charge is 0.339 e. The van der Waals surface area contributed by atoms with Crippen LogP contribution in [0.1, 0.15) is 41.7 Å². The van der Waals surface area contributed by atoms with Crippen LogP contribution in [0, 0.1) is 12.8 Å². The lowest BCUT2D eigenvalue weighted by atomic mass is 9.88. The van der Waals surface area contributed by atoms with E-state index in [0.717, 1.165) is 25.7 Å². The van der Waals surface area contributed by atoms with Gasteiger partial charge < -0.3 is 20.7 Å². The molecule has 0 spiro atoms. The van der Waals surface area contributed by atoms with Gasteiger partial charge in [-0.1, -0.05) is 6.07 Å². The van der Waals surface area contributed by atoms with Gasteiger partial charge in [0.1, 0.15) is 11.3 Å². The molecule has 0 radical (unpaired) electrons. The van der Waals surface area contributed by atoms with Crippen LogP contribution >= 0.6 is 0 Å². The second kappa shape index (κ2) is 6.65. The molecule has 3 rings (SSSR count). The summed E-state index contributed by atoms with van der Waals surface area (Å²) in [6.07, 6.45) is 3.64. The highest BCUT2D eigenvalue weighted by Crippen LogP contribution is 2.36. The van der Waals surface area contributed by atoms with Gasteiger partial charge in [-0.3, -0.25) is 4.98 Å². The van der Waals surface area contributed by atoms with E-state index in [-0.39, 0.29) is 24.0 Å². The second-order valence-electron chi connectivity index (χ2n) is 6.38. The first-order chi connectivity index (χ1) is 11.5. The molecule has 6 nitrogen and oxygen atoms in total. The number of pyridine rings is 1. The Morgan fingerprint density at radius 1 is 1.33 bits per heavy atom. The van der Waals surface area contributed by atoms with Gasteiger partial charge in [-0.2, -0.15) is 0 Å². The third-order valence-corrected chi connectivity index (χ3v) is 4.75. The molecule has 6 heteroatoms. The van der Waals surface area contributed by atoms with E-state index in [1.165, 1.54) is 0 Å². The number of nitrogen functional groups attached to an aromatic ring is 1. The molecule has 0 saturated heterocycles. The van der Waals surface area contributed by atoms with E-state index in [4.69, 9.17) is 10.5 Å². The maximum absolute atomic E-state index is 11.5. The Kier molecular flexibility index (Phi) is 4.57. The number of benzene rings is 1. The van der Waals surface area contributed by atoms with Crippen LogP contribution in [0.15, 0.2) is 18.2 Å². The Hall–Kier alpha value is -2.34. The second-order valence-corrected chi connectivity index (χ2v) is 6.38. The first kappa shape index (κ1) is 16.5. The summed E-state index contributed by atoms with van der Waals surface area (Å²) in [5.74, 6) is -0.157. The van der Waals surface area contributed by atoms with E-state index in [1.807, 2.05) is 6.07 Å². The number of hydrogen-bond donors (Lipinski definition) is 3. The number of aliphatic hydroxyl groups excluding tert-OH is 1. The van der Waals surface area contributed by atoms with Gasteiger partial charge in [0, 0.05) is 6.61 Å². The number of anilines is 1. The molecule has 0 atom stereocenters. The first-order valence-electron chi connectivity index (χ1n) is 8.20. The van der Waals surface area contributed by atoms with Crippen LogP contribution in [-0.4, -0.2) is 33.9 Å². The maximum Gasteiger partial charge on any atom is 0.339 e. The lowest BCUT2D eigenvalue weighted by molar-refractivity contribution is 0.0697. The summed E-state index contributed by atoms with van der Waals surface area (Å²) in [4.78, 5) is 15.8. The molecule has 1 aliphatic carbocycles. The molecular weight excluding hydrogens is 308 g/mol. The molecule has 1 heterocycles. The molecule has 4 N–H and O–H groups in total. The van der Waals surface area contributed by atoms with Crippen molar-refractivity contribution in [3.63, 3.8) is 0 Å². The highest BCUT2D eigenvalue weighted by Gasteiger charge is 2.24. The van der Waals surface area contributed by atoms with Gasteiger partial charge in [-0.15, -0.1) is 0 Å². The number of carboxylic acids is 1. The van der Waals surface area contributed by atoms with Gasteiger partial charge >= 0.3 is 5.97 Å². The Morgan fingerprint density at radius 2 is 2.04 bits per heavy atom. The van der Waals surface area contributed by atoms with Gasteiger partial charge in [-0.25, -0.2) is 4.79 Å². The summed E-state index contributed by atoms with van der Waals surface area (Å²) in [6, 6.07) is 5.45. The van der Waals surface area contributed by atoms with Gasteiger partial charge in [-0.05, 0) is 50.7 Å². The monoisotopic (exact) mass is 330 g/mol. The molecule has 1 aliphatic rings. The third-order valence-electron chi connectivity index (χ3n) is 4.75. The zero-order valence-electron chi connectivity index (χ0n) is 13.7. The SMILES string of the molecule is Cc1nc2cccc(OC3CCC(CO)CC3)c2c(N)c1C(=O)O.